The molecule has 0 radical (unpaired) electrons. The minimum Gasteiger partial charge on any atom is -0.390 e. The third-order valence-corrected chi connectivity index (χ3v) is 3.47. The van der Waals surface area contributed by atoms with Crippen molar-refractivity contribution in [1.82, 2.24) is 4.98 Å². The number of nitrogens with zero attached hydrogens (tertiary/aromatic N) is 2. The lowest BCUT2D eigenvalue weighted by Gasteiger charge is -2.18. The molecule has 6 nitrogen and oxygen atoms in total. The van der Waals surface area contributed by atoms with Gasteiger partial charge in [0.05, 0.1) is 17.1 Å². The zero-order valence-corrected chi connectivity index (χ0v) is 10.6. The summed E-state index contributed by atoms with van der Waals surface area (Å²) >= 11 is 0. The SMILES string of the molecule is O=[N+]([O-])c1ccc(N[C@H]2c3ccccc3C[C@H]2O)nc1. The van der Waals surface area contributed by atoms with Crippen LogP contribution in [0.3, 0.4) is 0 Å². The predicted molar refractivity (Wildman–Crippen MR) is 73.4 cm³/mol. The predicted octanol–water partition coefficient (Wildman–Crippen LogP) is 2.06. The van der Waals surface area contributed by atoms with Crippen molar-refractivity contribution in [2.45, 2.75) is 18.6 Å². The quantitative estimate of drug-likeness (QED) is 0.659. The number of pyridine rings is 1. The van der Waals surface area contributed by atoms with E-state index in [1.807, 2.05) is 24.3 Å². The van der Waals surface area contributed by atoms with Gasteiger partial charge in [0, 0.05) is 12.5 Å². The number of anilines is 1. The fourth-order valence-corrected chi connectivity index (χ4v) is 2.49. The lowest BCUT2D eigenvalue weighted by molar-refractivity contribution is -0.385. The first-order valence-corrected chi connectivity index (χ1v) is 6.28. The maximum atomic E-state index is 10.6. The van der Waals surface area contributed by atoms with Crippen LogP contribution in [-0.4, -0.2) is 21.1 Å². The van der Waals surface area contributed by atoms with Crippen molar-refractivity contribution < 1.29 is 10.0 Å². The number of benzene rings is 1. The van der Waals surface area contributed by atoms with E-state index in [0.29, 0.717) is 12.2 Å². The highest BCUT2D eigenvalue weighted by Gasteiger charge is 2.30. The number of nitro groups is 1. The molecule has 1 aliphatic rings. The van der Waals surface area contributed by atoms with Crippen LogP contribution in [0.15, 0.2) is 42.6 Å². The minimum atomic E-state index is -0.524. The topological polar surface area (TPSA) is 88.3 Å². The van der Waals surface area contributed by atoms with Crippen LogP contribution >= 0.6 is 0 Å². The largest absolute Gasteiger partial charge is 0.390 e. The highest BCUT2D eigenvalue weighted by molar-refractivity contribution is 5.46. The van der Waals surface area contributed by atoms with E-state index in [9.17, 15) is 15.2 Å². The molecule has 1 aliphatic carbocycles. The van der Waals surface area contributed by atoms with E-state index in [0.717, 1.165) is 11.1 Å². The van der Waals surface area contributed by atoms with E-state index in [2.05, 4.69) is 10.3 Å². The van der Waals surface area contributed by atoms with E-state index in [1.165, 1.54) is 12.3 Å². The number of hydrogen-bond donors (Lipinski definition) is 2. The highest BCUT2D eigenvalue weighted by Crippen LogP contribution is 2.33. The molecule has 0 aliphatic heterocycles. The molecule has 2 aromatic rings. The summed E-state index contributed by atoms with van der Waals surface area (Å²) in [5.74, 6) is 0.511. The summed E-state index contributed by atoms with van der Waals surface area (Å²) in [6.45, 7) is 0. The second kappa shape index (κ2) is 4.90. The summed E-state index contributed by atoms with van der Waals surface area (Å²) in [5.41, 5.74) is 2.10. The van der Waals surface area contributed by atoms with Gasteiger partial charge >= 0.3 is 0 Å². The Morgan fingerprint density at radius 2 is 2.10 bits per heavy atom. The molecule has 0 saturated heterocycles. The molecule has 1 heterocycles. The number of fused-ring (bicyclic) bond motifs is 1. The zero-order valence-electron chi connectivity index (χ0n) is 10.6. The molecule has 0 amide bonds. The number of aliphatic hydroxyl groups is 1. The monoisotopic (exact) mass is 271 g/mol. The first-order valence-electron chi connectivity index (χ1n) is 6.28. The lowest BCUT2D eigenvalue weighted by Crippen LogP contribution is -2.21. The summed E-state index contributed by atoms with van der Waals surface area (Å²) in [6, 6.07) is 10.5. The van der Waals surface area contributed by atoms with Gasteiger partial charge in [-0.2, -0.15) is 0 Å². The Bertz CT molecular complexity index is 642. The van der Waals surface area contributed by atoms with Crippen LogP contribution in [0.4, 0.5) is 11.5 Å². The van der Waals surface area contributed by atoms with Crippen LogP contribution in [0.25, 0.3) is 0 Å². The van der Waals surface area contributed by atoms with Crippen molar-refractivity contribution >= 4 is 11.5 Å². The third kappa shape index (κ3) is 2.21. The van der Waals surface area contributed by atoms with Gasteiger partial charge in [-0.1, -0.05) is 24.3 Å². The van der Waals surface area contributed by atoms with Gasteiger partial charge < -0.3 is 10.4 Å². The first kappa shape index (κ1) is 12.6. The van der Waals surface area contributed by atoms with Crippen molar-refractivity contribution in [1.29, 1.82) is 0 Å². The summed E-state index contributed by atoms with van der Waals surface area (Å²) in [4.78, 5) is 14.1. The van der Waals surface area contributed by atoms with Gasteiger partial charge in [0.15, 0.2) is 0 Å². The van der Waals surface area contributed by atoms with Crippen LogP contribution in [0, 0.1) is 10.1 Å². The average molecular weight is 271 g/mol. The van der Waals surface area contributed by atoms with Gasteiger partial charge in [-0.3, -0.25) is 10.1 Å². The second-order valence-corrected chi connectivity index (χ2v) is 4.75. The Morgan fingerprint density at radius 3 is 2.80 bits per heavy atom. The van der Waals surface area contributed by atoms with Crippen molar-refractivity contribution in [3.63, 3.8) is 0 Å². The molecule has 2 N–H and O–H groups in total. The molecule has 0 fully saturated rings. The van der Waals surface area contributed by atoms with Crippen molar-refractivity contribution in [2.75, 3.05) is 5.32 Å². The number of hydrogen-bond acceptors (Lipinski definition) is 5. The number of aromatic nitrogens is 1. The van der Waals surface area contributed by atoms with E-state index >= 15 is 0 Å². The van der Waals surface area contributed by atoms with E-state index in [1.54, 1.807) is 6.07 Å². The summed E-state index contributed by atoms with van der Waals surface area (Å²) in [7, 11) is 0. The zero-order chi connectivity index (χ0) is 14.1. The van der Waals surface area contributed by atoms with Gasteiger partial charge in [-0.05, 0) is 17.2 Å². The Labute approximate surface area is 115 Å². The molecule has 20 heavy (non-hydrogen) atoms. The standard InChI is InChI=1S/C14H13N3O3/c18-12-7-9-3-1-2-4-11(9)14(12)16-13-6-5-10(8-15-13)17(19)20/h1-6,8,12,14,18H,7H2,(H,15,16)/t12-,14+/m1/s1. The van der Waals surface area contributed by atoms with Crippen molar-refractivity contribution in [2.24, 2.45) is 0 Å². The molecule has 3 rings (SSSR count). The Hall–Kier alpha value is -2.47. The molecule has 2 atom stereocenters. The second-order valence-electron chi connectivity index (χ2n) is 4.75. The molecule has 1 aromatic heterocycles. The Morgan fingerprint density at radius 1 is 1.30 bits per heavy atom. The fraction of sp³-hybridized carbons (Fsp3) is 0.214. The fourth-order valence-electron chi connectivity index (χ4n) is 2.49. The van der Waals surface area contributed by atoms with Crippen LogP contribution in [0.1, 0.15) is 17.2 Å². The molecule has 6 heteroatoms. The van der Waals surface area contributed by atoms with Gasteiger partial charge in [0.25, 0.3) is 5.69 Å². The Balaban J connectivity index is 1.82. The summed E-state index contributed by atoms with van der Waals surface area (Å²) in [5, 5.41) is 23.8. The molecule has 102 valence electrons. The summed E-state index contributed by atoms with van der Waals surface area (Å²) < 4.78 is 0. The molecule has 0 bridgehead atoms. The van der Waals surface area contributed by atoms with Gasteiger partial charge in [0.1, 0.15) is 12.0 Å². The van der Waals surface area contributed by atoms with Gasteiger partial charge in [-0.15, -0.1) is 0 Å². The highest BCUT2D eigenvalue weighted by atomic mass is 16.6. The molecule has 1 aromatic carbocycles. The van der Waals surface area contributed by atoms with Crippen LogP contribution in [0.5, 0.6) is 0 Å². The van der Waals surface area contributed by atoms with Gasteiger partial charge in [-0.25, -0.2) is 4.98 Å². The maximum absolute atomic E-state index is 10.6. The molecule has 0 unspecified atom stereocenters. The van der Waals surface area contributed by atoms with Crippen LogP contribution < -0.4 is 5.32 Å². The van der Waals surface area contributed by atoms with Crippen LogP contribution in [-0.2, 0) is 6.42 Å². The molecular formula is C14H13N3O3. The number of nitrogens with one attached hydrogen (secondary N) is 1. The van der Waals surface area contributed by atoms with E-state index in [4.69, 9.17) is 0 Å². The van der Waals surface area contributed by atoms with E-state index in [-0.39, 0.29) is 11.7 Å². The normalized spacial score (nSPS) is 20.4. The molecule has 0 saturated carbocycles. The molecular weight excluding hydrogens is 258 g/mol. The third-order valence-electron chi connectivity index (χ3n) is 3.47. The number of rotatable bonds is 3. The smallest absolute Gasteiger partial charge is 0.287 e. The van der Waals surface area contributed by atoms with Gasteiger partial charge in [0.2, 0.25) is 0 Å². The van der Waals surface area contributed by atoms with Crippen molar-refractivity contribution in [3.8, 4) is 0 Å². The average Bonchev–Trinajstić information content (AvgIpc) is 2.76. The van der Waals surface area contributed by atoms with Crippen LogP contribution in [0.2, 0.25) is 0 Å². The van der Waals surface area contributed by atoms with Crippen molar-refractivity contribution in [3.05, 3.63) is 63.8 Å². The summed E-state index contributed by atoms with van der Waals surface area (Å²) in [6.07, 6.45) is 1.28. The number of aliphatic hydroxyl groups excluding tert-OH is 1. The first-order chi connectivity index (χ1) is 9.65. The van der Waals surface area contributed by atoms with E-state index < -0.39 is 11.0 Å². The molecule has 0 spiro atoms. The maximum Gasteiger partial charge on any atom is 0.287 e. The minimum absolute atomic E-state index is 0.0529. The lowest BCUT2D eigenvalue weighted by atomic mass is 10.1. The Kier molecular flexibility index (Phi) is 3.08.